The molecule has 1 aromatic rings. The Morgan fingerprint density at radius 3 is 2.53 bits per heavy atom. The Balaban J connectivity index is 2.52. The first-order valence-corrected chi connectivity index (χ1v) is 5.08. The van der Waals surface area contributed by atoms with Gasteiger partial charge in [-0.3, -0.25) is 4.79 Å². The van der Waals surface area contributed by atoms with Crippen molar-refractivity contribution in [2.75, 3.05) is 0 Å². The van der Waals surface area contributed by atoms with Crippen molar-refractivity contribution >= 4 is 5.91 Å². The quantitative estimate of drug-likeness (QED) is 0.747. The van der Waals surface area contributed by atoms with Crippen LogP contribution in [-0.4, -0.2) is 11.9 Å². The van der Waals surface area contributed by atoms with Gasteiger partial charge in [-0.2, -0.15) is 0 Å². The van der Waals surface area contributed by atoms with Crippen LogP contribution in [0.5, 0.6) is 0 Å². The van der Waals surface area contributed by atoms with E-state index in [4.69, 9.17) is 0 Å². The third kappa shape index (κ3) is 3.98. The minimum atomic E-state index is -0.0169. The largest absolute Gasteiger partial charge is 0.350 e. The zero-order valence-corrected chi connectivity index (χ0v) is 9.29. The minimum absolute atomic E-state index is 0.0169. The lowest BCUT2D eigenvalue weighted by Crippen LogP contribution is -2.32. The summed E-state index contributed by atoms with van der Waals surface area (Å²) >= 11 is 0. The first kappa shape index (κ1) is 11.5. The molecular formula is C13H17NO. The summed E-state index contributed by atoms with van der Waals surface area (Å²) in [6.45, 7) is 7.46. The zero-order valence-electron chi connectivity index (χ0n) is 9.29. The van der Waals surface area contributed by atoms with E-state index in [1.165, 1.54) is 12.5 Å². The van der Waals surface area contributed by atoms with Gasteiger partial charge in [0.1, 0.15) is 0 Å². The summed E-state index contributed by atoms with van der Waals surface area (Å²) in [6, 6.07) is 10.2. The summed E-state index contributed by atoms with van der Waals surface area (Å²) in [5, 5.41) is 2.82. The molecule has 1 rings (SSSR count). The average Bonchev–Trinajstić information content (AvgIpc) is 2.18. The van der Waals surface area contributed by atoms with E-state index in [9.17, 15) is 4.79 Å². The lowest BCUT2D eigenvalue weighted by molar-refractivity contribution is -0.119. The van der Waals surface area contributed by atoms with E-state index < -0.39 is 0 Å². The highest BCUT2D eigenvalue weighted by Crippen LogP contribution is 2.09. The third-order valence-corrected chi connectivity index (χ3v) is 2.31. The molecule has 2 heteroatoms. The fraction of sp³-hybridized carbons (Fsp3) is 0.308. The van der Waals surface area contributed by atoms with Crippen molar-refractivity contribution in [3.8, 4) is 0 Å². The van der Waals surface area contributed by atoms with Crippen LogP contribution in [0.1, 0.15) is 19.4 Å². The van der Waals surface area contributed by atoms with Gasteiger partial charge in [0.15, 0.2) is 0 Å². The third-order valence-electron chi connectivity index (χ3n) is 2.31. The van der Waals surface area contributed by atoms with E-state index in [-0.39, 0.29) is 11.9 Å². The maximum Gasteiger partial charge on any atom is 0.217 e. The molecule has 0 bridgehead atoms. The molecule has 15 heavy (non-hydrogen) atoms. The molecule has 80 valence electrons. The van der Waals surface area contributed by atoms with Crippen LogP contribution >= 0.6 is 0 Å². The molecule has 1 N–H and O–H groups in total. The van der Waals surface area contributed by atoms with Gasteiger partial charge in [-0.25, -0.2) is 0 Å². The molecule has 0 unspecified atom stereocenters. The second kappa shape index (κ2) is 5.35. The Morgan fingerprint density at radius 1 is 1.40 bits per heavy atom. The molecule has 0 aromatic heterocycles. The van der Waals surface area contributed by atoms with Crippen molar-refractivity contribution in [1.82, 2.24) is 5.32 Å². The second-order valence-corrected chi connectivity index (χ2v) is 3.74. The van der Waals surface area contributed by atoms with Gasteiger partial charge in [0.25, 0.3) is 0 Å². The van der Waals surface area contributed by atoms with Crippen LogP contribution in [0.2, 0.25) is 0 Å². The van der Waals surface area contributed by atoms with Gasteiger partial charge in [-0.1, -0.05) is 42.5 Å². The Hall–Kier alpha value is -1.57. The SMILES string of the molecule is C=C(Cc1ccccc1)[C@@H](C)NC(C)=O. The standard InChI is InChI=1S/C13H17NO/c1-10(11(2)14-12(3)15)9-13-7-5-4-6-8-13/h4-8,11H,1,9H2,2-3H3,(H,14,15)/t11-/m1/s1. The highest BCUT2D eigenvalue weighted by Gasteiger charge is 2.07. The van der Waals surface area contributed by atoms with Crippen molar-refractivity contribution in [2.24, 2.45) is 0 Å². The Kier molecular flexibility index (Phi) is 4.10. The molecule has 2 nitrogen and oxygen atoms in total. The molecule has 1 aromatic carbocycles. The molecule has 0 saturated heterocycles. The number of hydrogen-bond donors (Lipinski definition) is 1. The van der Waals surface area contributed by atoms with E-state index in [0.29, 0.717) is 0 Å². The van der Waals surface area contributed by atoms with Crippen LogP contribution in [0.4, 0.5) is 0 Å². The van der Waals surface area contributed by atoms with Crippen LogP contribution in [0.15, 0.2) is 42.5 Å². The number of carbonyl (C=O) groups is 1. The zero-order chi connectivity index (χ0) is 11.3. The van der Waals surface area contributed by atoms with Crippen molar-refractivity contribution in [3.63, 3.8) is 0 Å². The highest BCUT2D eigenvalue weighted by molar-refractivity contribution is 5.73. The molecule has 0 heterocycles. The molecule has 0 aliphatic rings. The molecule has 0 radical (unpaired) electrons. The van der Waals surface area contributed by atoms with Crippen LogP contribution in [0.25, 0.3) is 0 Å². The Morgan fingerprint density at radius 2 is 2.00 bits per heavy atom. The molecule has 0 aliphatic carbocycles. The lowest BCUT2D eigenvalue weighted by Gasteiger charge is -2.15. The summed E-state index contributed by atoms with van der Waals surface area (Å²) in [6.07, 6.45) is 0.808. The number of rotatable bonds is 4. The van der Waals surface area contributed by atoms with E-state index in [2.05, 4.69) is 24.0 Å². The molecule has 0 saturated carbocycles. The monoisotopic (exact) mass is 203 g/mol. The predicted molar refractivity (Wildman–Crippen MR) is 62.6 cm³/mol. The summed E-state index contributed by atoms with van der Waals surface area (Å²) in [4.78, 5) is 10.9. The molecule has 0 spiro atoms. The van der Waals surface area contributed by atoms with Crippen molar-refractivity contribution in [2.45, 2.75) is 26.3 Å². The summed E-state index contributed by atoms with van der Waals surface area (Å²) in [7, 11) is 0. The predicted octanol–water partition coefficient (Wildman–Crippen LogP) is 2.31. The molecular weight excluding hydrogens is 186 g/mol. The Labute approximate surface area is 91.0 Å². The topological polar surface area (TPSA) is 29.1 Å². The summed E-state index contributed by atoms with van der Waals surface area (Å²) < 4.78 is 0. The summed E-state index contributed by atoms with van der Waals surface area (Å²) in [5.74, 6) is -0.0169. The van der Waals surface area contributed by atoms with Gasteiger partial charge >= 0.3 is 0 Å². The molecule has 0 aliphatic heterocycles. The van der Waals surface area contributed by atoms with Crippen LogP contribution in [0, 0.1) is 0 Å². The van der Waals surface area contributed by atoms with Gasteiger partial charge in [0.05, 0.1) is 0 Å². The number of nitrogens with one attached hydrogen (secondary N) is 1. The number of hydrogen-bond acceptors (Lipinski definition) is 1. The highest BCUT2D eigenvalue weighted by atomic mass is 16.1. The second-order valence-electron chi connectivity index (χ2n) is 3.74. The van der Waals surface area contributed by atoms with Crippen molar-refractivity contribution in [1.29, 1.82) is 0 Å². The van der Waals surface area contributed by atoms with Crippen LogP contribution in [0.3, 0.4) is 0 Å². The molecule has 0 fully saturated rings. The lowest BCUT2D eigenvalue weighted by atomic mass is 10.0. The van der Waals surface area contributed by atoms with Crippen molar-refractivity contribution < 1.29 is 4.79 Å². The van der Waals surface area contributed by atoms with Gasteiger partial charge in [0, 0.05) is 13.0 Å². The van der Waals surface area contributed by atoms with E-state index in [1.54, 1.807) is 0 Å². The minimum Gasteiger partial charge on any atom is -0.350 e. The molecule has 1 atom stereocenters. The maximum absolute atomic E-state index is 10.9. The van der Waals surface area contributed by atoms with E-state index in [0.717, 1.165) is 12.0 Å². The molecule has 1 amide bonds. The van der Waals surface area contributed by atoms with Gasteiger partial charge in [-0.15, -0.1) is 0 Å². The van der Waals surface area contributed by atoms with Gasteiger partial charge < -0.3 is 5.32 Å². The first-order valence-electron chi connectivity index (χ1n) is 5.08. The smallest absolute Gasteiger partial charge is 0.217 e. The Bertz CT molecular complexity index is 343. The van der Waals surface area contributed by atoms with Crippen molar-refractivity contribution in [3.05, 3.63) is 48.0 Å². The van der Waals surface area contributed by atoms with E-state index >= 15 is 0 Å². The van der Waals surface area contributed by atoms with Gasteiger partial charge in [-0.05, 0) is 18.9 Å². The number of amides is 1. The summed E-state index contributed by atoms with van der Waals surface area (Å²) in [5.41, 5.74) is 2.25. The fourth-order valence-electron chi connectivity index (χ4n) is 1.42. The maximum atomic E-state index is 10.9. The normalized spacial score (nSPS) is 11.9. The average molecular weight is 203 g/mol. The van der Waals surface area contributed by atoms with Crippen LogP contribution in [-0.2, 0) is 11.2 Å². The van der Waals surface area contributed by atoms with Crippen LogP contribution < -0.4 is 5.32 Å². The fourth-order valence-corrected chi connectivity index (χ4v) is 1.42. The number of benzene rings is 1. The number of carbonyl (C=O) groups excluding carboxylic acids is 1. The van der Waals surface area contributed by atoms with Gasteiger partial charge in [0.2, 0.25) is 5.91 Å². The van der Waals surface area contributed by atoms with E-state index in [1.807, 2.05) is 25.1 Å². The first-order chi connectivity index (χ1) is 7.09.